The van der Waals surface area contributed by atoms with E-state index in [0.29, 0.717) is 4.47 Å². The number of rotatable bonds is 2. The topological polar surface area (TPSA) is 17.1 Å². The highest BCUT2D eigenvalue weighted by Crippen LogP contribution is 2.16. The predicted molar refractivity (Wildman–Crippen MR) is 51.9 cm³/mol. The molecular weight excluding hydrogens is 235 g/mol. The van der Waals surface area contributed by atoms with Crippen LogP contribution in [0.5, 0.6) is 0 Å². The first-order valence-electron chi connectivity index (χ1n) is 3.57. The van der Waals surface area contributed by atoms with Crippen molar-refractivity contribution in [3.05, 3.63) is 34.1 Å². The van der Waals surface area contributed by atoms with Gasteiger partial charge in [-0.1, -0.05) is 21.9 Å². The summed E-state index contributed by atoms with van der Waals surface area (Å²) in [5, 5.41) is 0. The third-order valence-electron chi connectivity index (χ3n) is 1.49. The summed E-state index contributed by atoms with van der Waals surface area (Å²) in [6, 6.07) is 4.26. The van der Waals surface area contributed by atoms with Crippen LogP contribution in [0.15, 0.2) is 22.7 Å². The van der Waals surface area contributed by atoms with Crippen LogP contribution in [0.4, 0.5) is 4.39 Å². The highest BCUT2D eigenvalue weighted by molar-refractivity contribution is 9.10. The third-order valence-corrected chi connectivity index (χ3v) is 1.99. The molecule has 1 nitrogen and oxygen atoms in total. The summed E-state index contributed by atoms with van der Waals surface area (Å²) in [6.07, 6.45) is 4.87. The predicted octanol–water partition coefficient (Wildman–Crippen LogP) is 2.79. The number of Topliss-reactive ketones (excluding diaryl/α,β-unsaturated/α-hetero) is 1. The Morgan fingerprint density at radius 3 is 2.85 bits per heavy atom. The van der Waals surface area contributed by atoms with Gasteiger partial charge in [-0.2, -0.15) is 0 Å². The van der Waals surface area contributed by atoms with E-state index >= 15 is 0 Å². The van der Waals surface area contributed by atoms with Crippen LogP contribution in [0.25, 0.3) is 0 Å². The Kier molecular flexibility index (Phi) is 3.21. The molecule has 0 aliphatic rings. The summed E-state index contributed by atoms with van der Waals surface area (Å²) in [5.74, 6) is 1.27. The number of terminal acetylenes is 1. The quantitative estimate of drug-likeness (QED) is 0.574. The van der Waals surface area contributed by atoms with E-state index in [0.717, 1.165) is 0 Å². The van der Waals surface area contributed by atoms with Crippen molar-refractivity contribution in [3.63, 3.8) is 0 Å². The van der Waals surface area contributed by atoms with Crippen molar-refractivity contribution in [2.24, 2.45) is 0 Å². The first kappa shape index (κ1) is 9.94. The molecule has 1 aromatic rings. The molecule has 0 radical (unpaired) electrons. The summed E-state index contributed by atoms with van der Waals surface area (Å²) in [6.45, 7) is 0. The molecule has 3 heteroatoms. The van der Waals surface area contributed by atoms with E-state index in [-0.39, 0.29) is 17.8 Å². The second-order valence-electron chi connectivity index (χ2n) is 2.43. The summed E-state index contributed by atoms with van der Waals surface area (Å²) in [5.41, 5.74) is 0.0427. The van der Waals surface area contributed by atoms with Crippen molar-refractivity contribution < 1.29 is 9.18 Å². The summed E-state index contributed by atoms with van der Waals surface area (Å²) < 4.78 is 13.7. The van der Waals surface area contributed by atoms with Crippen LogP contribution in [-0.4, -0.2) is 5.78 Å². The average Bonchev–Trinajstić information content (AvgIpc) is 2.04. The molecule has 0 atom stereocenters. The Bertz CT molecular complexity index is 379. The Morgan fingerprint density at radius 2 is 2.31 bits per heavy atom. The molecule has 0 unspecified atom stereocenters. The highest BCUT2D eigenvalue weighted by atomic mass is 79.9. The van der Waals surface area contributed by atoms with Crippen LogP contribution < -0.4 is 0 Å². The van der Waals surface area contributed by atoms with Gasteiger partial charge in [0.1, 0.15) is 5.82 Å². The van der Waals surface area contributed by atoms with E-state index < -0.39 is 5.82 Å². The van der Waals surface area contributed by atoms with Crippen molar-refractivity contribution >= 4 is 21.7 Å². The molecule has 0 aliphatic heterocycles. The van der Waals surface area contributed by atoms with E-state index in [1.54, 1.807) is 6.07 Å². The van der Waals surface area contributed by atoms with Gasteiger partial charge in [0.15, 0.2) is 5.78 Å². The normalized spacial score (nSPS) is 9.31. The molecule has 0 amide bonds. The zero-order valence-corrected chi connectivity index (χ0v) is 8.27. The fourth-order valence-corrected chi connectivity index (χ4v) is 1.24. The molecule has 0 saturated carbocycles. The molecule has 0 heterocycles. The van der Waals surface area contributed by atoms with Crippen molar-refractivity contribution in [1.29, 1.82) is 0 Å². The van der Waals surface area contributed by atoms with Crippen LogP contribution >= 0.6 is 15.9 Å². The Labute approximate surface area is 84.1 Å². The maximum Gasteiger partial charge on any atom is 0.177 e. The first-order valence-corrected chi connectivity index (χ1v) is 4.36. The summed E-state index contributed by atoms with van der Waals surface area (Å²) in [4.78, 5) is 11.2. The van der Waals surface area contributed by atoms with Gasteiger partial charge in [0.05, 0.1) is 12.0 Å². The SMILES string of the molecule is C#CCC(=O)c1ccc(Br)cc1F. The monoisotopic (exact) mass is 240 g/mol. The maximum absolute atomic E-state index is 13.1. The van der Waals surface area contributed by atoms with Crippen LogP contribution in [-0.2, 0) is 0 Å². The van der Waals surface area contributed by atoms with Gasteiger partial charge in [-0.25, -0.2) is 4.39 Å². The minimum absolute atomic E-state index is 0.0427. The van der Waals surface area contributed by atoms with Gasteiger partial charge in [-0.05, 0) is 18.2 Å². The lowest BCUT2D eigenvalue weighted by Crippen LogP contribution is -2.00. The number of carbonyl (C=O) groups excluding carboxylic acids is 1. The Morgan fingerprint density at radius 1 is 1.62 bits per heavy atom. The maximum atomic E-state index is 13.1. The fraction of sp³-hybridized carbons (Fsp3) is 0.100. The highest BCUT2D eigenvalue weighted by Gasteiger charge is 2.09. The lowest BCUT2D eigenvalue weighted by atomic mass is 10.1. The molecule has 0 aromatic heterocycles. The van der Waals surface area contributed by atoms with E-state index in [1.807, 2.05) is 0 Å². The molecule has 1 rings (SSSR count). The van der Waals surface area contributed by atoms with Crippen LogP contribution in [0.3, 0.4) is 0 Å². The second-order valence-corrected chi connectivity index (χ2v) is 3.34. The number of carbonyl (C=O) groups is 1. The van der Waals surface area contributed by atoms with Gasteiger partial charge in [-0.3, -0.25) is 4.79 Å². The van der Waals surface area contributed by atoms with Gasteiger partial charge in [0, 0.05) is 4.47 Å². The molecule has 0 aliphatic carbocycles. The van der Waals surface area contributed by atoms with Crippen molar-refractivity contribution in [2.45, 2.75) is 6.42 Å². The number of hydrogen-bond donors (Lipinski definition) is 0. The van der Waals surface area contributed by atoms with E-state index in [4.69, 9.17) is 6.42 Å². The minimum Gasteiger partial charge on any atom is -0.293 e. The lowest BCUT2D eigenvalue weighted by Gasteiger charge is -1.99. The van der Waals surface area contributed by atoms with E-state index in [1.165, 1.54) is 12.1 Å². The van der Waals surface area contributed by atoms with E-state index in [9.17, 15) is 9.18 Å². The van der Waals surface area contributed by atoms with Gasteiger partial charge in [0.25, 0.3) is 0 Å². The molecule has 0 saturated heterocycles. The molecule has 0 bridgehead atoms. The minimum atomic E-state index is -0.547. The van der Waals surface area contributed by atoms with Crippen molar-refractivity contribution in [3.8, 4) is 12.3 Å². The fourth-order valence-electron chi connectivity index (χ4n) is 0.904. The van der Waals surface area contributed by atoms with Crippen molar-refractivity contribution in [1.82, 2.24) is 0 Å². The number of benzene rings is 1. The molecular formula is C10H6BrFO. The summed E-state index contributed by atoms with van der Waals surface area (Å²) >= 11 is 3.09. The first-order chi connectivity index (χ1) is 6.15. The van der Waals surface area contributed by atoms with E-state index in [2.05, 4.69) is 21.9 Å². The van der Waals surface area contributed by atoms with Gasteiger partial charge < -0.3 is 0 Å². The van der Waals surface area contributed by atoms with Crippen LogP contribution in [0.2, 0.25) is 0 Å². The smallest absolute Gasteiger partial charge is 0.177 e. The largest absolute Gasteiger partial charge is 0.293 e. The van der Waals surface area contributed by atoms with Crippen molar-refractivity contribution in [2.75, 3.05) is 0 Å². The Balaban J connectivity index is 3.03. The number of ketones is 1. The number of halogens is 2. The molecule has 0 spiro atoms. The molecule has 13 heavy (non-hydrogen) atoms. The number of hydrogen-bond acceptors (Lipinski definition) is 1. The summed E-state index contributed by atoms with van der Waals surface area (Å²) in [7, 11) is 0. The zero-order chi connectivity index (χ0) is 9.84. The molecule has 1 aromatic carbocycles. The molecule has 66 valence electrons. The average molecular weight is 241 g/mol. The zero-order valence-electron chi connectivity index (χ0n) is 6.68. The van der Waals surface area contributed by atoms with Gasteiger partial charge in [-0.15, -0.1) is 6.42 Å². The molecule has 0 N–H and O–H groups in total. The second kappa shape index (κ2) is 4.20. The van der Waals surface area contributed by atoms with Crippen LogP contribution in [0, 0.1) is 18.2 Å². The molecule has 0 fully saturated rings. The lowest BCUT2D eigenvalue weighted by molar-refractivity contribution is 0.0994. The van der Waals surface area contributed by atoms with Crippen LogP contribution in [0.1, 0.15) is 16.8 Å². The third kappa shape index (κ3) is 2.40. The van der Waals surface area contributed by atoms with Gasteiger partial charge in [0.2, 0.25) is 0 Å². The Hall–Kier alpha value is -1.14. The standard InChI is InChI=1S/C10H6BrFO/c1-2-3-10(13)8-5-4-7(11)6-9(8)12/h1,4-6H,3H2. The van der Waals surface area contributed by atoms with Gasteiger partial charge >= 0.3 is 0 Å².